The molecule has 0 bridgehead atoms. The van der Waals surface area contributed by atoms with E-state index in [1.807, 2.05) is 88.4 Å². The van der Waals surface area contributed by atoms with Crippen LogP contribution in [-0.2, 0) is 11.4 Å². The first kappa shape index (κ1) is 31.7. The zero-order valence-corrected chi connectivity index (χ0v) is 28.1. The number of halogens is 1. The van der Waals surface area contributed by atoms with Crippen molar-refractivity contribution in [1.29, 1.82) is 0 Å². The predicted octanol–water partition coefficient (Wildman–Crippen LogP) is 8.45. The number of benzene rings is 3. The third-order valence-corrected chi connectivity index (χ3v) is 9.05. The van der Waals surface area contributed by atoms with E-state index < -0.39 is 6.04 Å². The number of hydrogen-bond donors (Lipinski definition) is 2. The van der Waals surface area contributed by atoms with E-state index in [1.165, 1.54) is 0 Å². The molecule has 0 saturated carbocycles. The molecule has 2 N–H and O–H groups in total. The second kappa shape index (κ2) is 14.3. The number of fused-ring (bicyclic) bond motifs is 1. The zero-order chi connectivity index (χ0) is 31.2. The monoisotopic (exact) mass is 675 g/mol. The van der Waals surface area contributed by atoms with Crippen LogP contribution < -0.4 is 20.1 Å². The molecule has 0 saturated heterocycles. The highest BCUT2D eigenvalue weighted by molar-refractivity contribution is 9.10. The number of anilines is 2. The number of carbonyl (C=O) groups is 1. The van der Waals surface area contributed by atoms with Gasteiger partial charge in [0.2, 0.25) is 11.1 Å². The van der Waals surface area contributed by atoms with Gasteiger partial charge in [-0.1, -0.05) is 67.6 Å². The lowest BCUT2D eigenvalue weighted by Gasteiger charge is -2.29. The average molecular weight is 677 g/mol. The summed E-state index contributed by atoms with van der Waals surface area (Å²) in [5.74, 6) is 2.48. The van der Waals surface area contributed by atoms with Crippen LogP contribution in [0.4, 0.5) is 11.6 Å². The van der Waals surface area contributed by atoms with Gasteiger partial charge >= 0.3 is 0 Å². The first-order valence-corrected chi connectivity index (χ1v) is 16.7. The number of hydrogen-bond acceptors (Lipinski definition) is 7. The Morgan fingerprint density at radius 1 is 1.07 bits per heavy atom. The highest BCUT2D eigenvalue weighted by atomic mass is 79.9. The highest BCUT2D eigenvalue weighted by Gasteiger charge is 2.35. The van der Waals surface area contributed by atoms with Gasteiger partial charge in [-0.2, -0.15) is 4.98 Å². The number of aromatic nitrogens is 3. The van der Waals surface area contributed by atoms with Crippen molar-refractivity contribution in [3.8, 4) is 11.5 Å². The molecule has 2 heterocycles. The van der Waals surface area contributed by atoms with Crippen LogP contribution in [0.15, 0.2) is 81.6 Å². The lowest BCUT2D eigenvalue weighted by atomic mass is 9.94. The fourth-order valence-electron chi connectivity index (χ4n) is 5.06. The Kier molecular flexibility index (Phi) is 10.3. The molecule has 1 aliphatic heterocycles. The normalized spacial score (nSPS) is 14.2. The number of ether oxygens (including phenoxy) is 2. The van der Waals surface area contributed by atoms with Crippen molar-refractivity contribution in [3.05, 3.63) is 98.7 Å². The van der Waals surface area contributed by atoms with Crippen molar-refractivity contribution in [3.63, 3.8) is 0 Å². The van der Waals surface area contributed by atoms with Crippen LogP contribution in [0.25, 0.3) is 0 Å². The minimum Gasteiger partial charge on any atom is -0.490 e. The number of amides is 1. The predicted molar refractivity (Wildman–Crippen MR) is 181 cm³/mol. The molecule has 230 valence electrons. The molecule has 8 nitrogen and oxygen atoms in total. The number of rotatable bonds is 12. The summed E-state index contributed by atoms with van der Waals surface area (Å²) in [5.41, 5.74) is 6.02. The van der Waals surface area contributed by atoms with Crippen LogP contribution in [0.2, 0.25) is 0 Å². The molecule has 44 heavy (non-hydrogen) atoms. The van der Waals surface area contributed by atoms with E-state index in [1.54, 1.807) is 16.4 Å². The summed E-state index contributed by atoms with van der Waals surface area (Å²) in [7, 11) is 0. The first-order valence-electron chi connectivity index (χ1n) is 14.9. The maximum Gasteiger partial charge on any atom is 0.255 e. The molecule has 1 atom stereocenters. The van der Waals surface area contributed by atoms with Crippen molar-refractivity contribution in [2.75, 3.05) is 23.0 Å². The van der Waals surface area contributed by atoms with Crippen LogP contribution in [0.5, 0.6) is 11.5 Å². The maximum atomic E-state index is 14.1. The minimum atomic E-state index is -0.567. The van der Waals surface area contributed by atoms with E-state index in [4.69, 9.17) is 19.6 Å². The summed E-state index contributed by atoms with van der Waals surface area (Å²) in [6.07, 6.45) is 2.17. The van der Waals surface area contributed by atoms with Crippen molar-refractivity contribution >= 4 is 45.2 Å². The number of unbranched alkanes of at least 4 members (excludes halogenated alkanes) is 1. The van der Waals surface area contributed by atoms with Gasteiger partial charge in [0, 0.05) is 17.1 Å². The number of aryl methyl sites for hydroxylation is 1. The molecule has 0 spiro atoms. The number of allylic oxidation sites excluding steroid dienone is 1. The third kappa shape index (κ3) is 6.97. The molecule has 1 aromatic heterocycles. The van der Waals surface area contributed by atoms with Crippen molar-refractivity contribution in [1.82, 2.24) is 14.8 Å². The topological polar surface area (TPSA) is 90.3 Å². The van der Waals surface area contributed by atoms with Gasteiger partial charge in [0.1, 0.15) is 12.6 Å². The Morgan fingerprint density at radius 3 is 2.61 bits per heavy atom. The fraction of sp³-hybridized carbons (Fsp3) is 0.324. The molecule has 1 aliphatic rings. The second-order valence-electron chi connectivity index (χ2n) is 10.7. The summed E-state index contributed by atoms with van der Waals surface area (Å²) in [6, 6.07) is 19.3. The first-order chi connectivity index (χ1) is 21.3. The van der Waals surface area contributed by atoms with Gasteiger partial charge in [-0.15, -0.1) is 5.10 Å². The Labute approximate surface area is 271 Å². The molecule has 1 unspecified atom stereocenters. The van der Waals surface area contributed by atoms with Gasteiger partial charge in [0.05, 0.1) is 16.7 Å². The summed E-state index contributed by atoms with van der Waals surface area (Å²) in [5, 5.41) is 12.1. The van der Waals surface area contributed by atoms with E-state index in [-0.39, 0.29) is 5.91 Å². The van der Waals surface area contributed by atoms with Crippen LogP contribution >= 0.6 is 27.7 Å². The van der Waals surface area contributed by atoms with Gasteiger partial charge in [0.15, 0.2) is 11.5 Å². The van der Waals surface area contributed by atoms with E-state index in [0.717, 1.165) is 51.0 Å². The number of nitrogens with one attached hydrogen (secondary N) is 2. The van der Waals surface area contributed by atoms with Gasteiger partial charge in [-0.3, -0.25) is 4.79 Å². The molecule has 0 aliphatic carbocycles. The molecule has 1 amide bonds. The molecular formula is C34H38BrN5O3S. The van der Waals surface area contributed by atoms with E-state index >= 15 is 0 Å². The second-order valence-corrected chi connectivity index (χ2v) is 12.6. The quantitative estimate of drug-likeness (QED) is 0.115. The van der Waals surface area contributed by atoms with Crippen LogP contribution in [0.1, 0.15) is 61.9 Å². The molecule has 5 rings (SSSR count). The zero-order valence-electron chi connectivity index (χ0n) is 25.7. The number of nitrogens with zero attached hydrogens (tertiary/aromatic N) is 3. The van der Waals surface area contributed by atoms with E-state index in [0.29, 0.717) is 47.1 Å². The van der Waals surface area contributed by atoms with Gasteiger partial charge in [0.25, 0.3) is 5.91 Å². The lowest BCUT2D eigenvalue weighted by Crippen LogP contribution is -2.31. The smallest absolute Gasteiger partial charge is 0.255 e. The van der Waals surface area contributed by atoms with Gasteiger partial charge in [-0.25, -0.2) is 4.68 Å². The van der Waals surface area contributed by atoms with Crippen molar-refractivity contribution < 1.29 is 14.3 Å². The summed E-state index contributed by atoms with van der Waals surface area (Å²) >= 11 is 5.37. The highest BCUT2D eigenvalue weighted by Crippen LogP contribution is 2.44. The average Bonchev–Trinajstić information content (AvgIpc) is 3.41. The molecule has 4 aromatic rings. The number of thioether (sulfide) groups is 1. The van der Waals surface area contributed by atoms with Gasteiger partial charge < -0.3 is 20.1 Å². The molecule has 0 radical (unpaired) electrons. The Hall–Kier alpha value is -3.76. The molecule has 0 fully saturated rings. The maximum absolute atomic E-state index is 14.1. The minimum absolute atomic E-state index is 0.214. The number of carbonyl (C=O) groups excluding carboxylic acids is 1. The summed E-state index contributed by atoms with van der Waals surface area (Å²) < 4.78 is 14.9. The summed E-state index contributed by atoms with van der Waals surface area (Å²) in [4.78, 5) is 18.9. The Balaban J connectivity index is 1.57. The third-order valence-electron chi connectivity index (χ3n) is 7.53. The standard InChI is InChI=1S/C34H38BrN5O3S/c1-6-8-17-44-34-38-33-36-23(5)29(32(41)37-27-16-12-13-21(3)22(27)4)30(40(33)39-34)25-18-26(35)31(28(19-25)42-7-2)43-20-24-14-10-9-11-15-24/h9-16,18-19,30H,6-8,17,20H2,1-5H3,(H,37,41)(H,36,38,39). The summed E-state index contributed by atoms with van der Waals surface area (Å²) in [6.45, 7) is 10.9. The van der Waals surface area contributed by atoms with E-state index in [9.17, 15) is 4.79 Å². The Bertz CT molecular complexity index is 1670. The van der Waals surface area contributed by atoms with Crippen LogP contribution in [0.3, 0.4) is 0 Å². The van der Waals surface area contributed by atoms with Crippen LogP contribution in [0, 0.1) is 13.8 Å². The lowest BCUT2D eigenvalue weighted by molar-refractivity contribution is -0.113. The SMILES string of the molecule is CCCCSc1nc2n(n1)C(c1cc(Br)c(OCc3ccccc3)c(OCC)c1)C(C(=O)Nc1cccc(C)c1C)=C(C)N2. The fourth-order valence-corrected chi connectivity index (χ4v) is 6.54. The van der Waals surface area contributed by atoms with Crippen molar-refractivity contribution in [2.24, 2.45) is 0 Å². The molecule has 3 aromatic carbocycles. The van der Waals surface area contributed by atoms with Crippen molar-refractivity contribution in [2.45, 2.75) is 65.3 Å². The van der Waals surface area contributed by atoms with Crippen LogP contribution in [-0.4, -0.2) is 33.0 Å². The van der Waals surface area contributed by atoms with E-state index in [2.05, 4.69) is 33.5 Å². The molecular weight excluding hydrogens is 638 g/mol. The molecule has 10 heteroatoms. The van der Waals surface area contributed by atoms with Gasteiger partial charge in [-0.05, 0) is 90.5 Å². The largest absolute Gasteiger partial charge is 0.490 e. The Morgan fingerprint density at radius 2 is 1.86 bits per heavy atom.